The number of hydrogen-bond acceptors (Lipinski definition) is 5. The standard InChI is InChI=1S/C14H21N5OS/c1-5-9(6-2)13-18-19-14(21-13)15-12(20)11-7-10(8(3)4)16-17-11/h7-9H,5-6H2,1-4H3,(H,16,17)(H,15,19,20). The van der Waals surface area contributed by atoms with Crippen molar-refractivity contribution in [1.82, 2.24) is 20.4 Å². The van der Waals surface area contributed by atoms with Crippen LogP contribution in [0, 0.1) is 0 Å². The highest BCUT2D eigenvalue weighted by Gasteiger charge is 2.17. The second kappa shape index (κ2) is 6.80. The monoisotopic (exact) mass is 307 g/mol. The highest BCUT2D eigenvalue weighted by atomic mass is 32.1. The Morgan fingerprint density at radius 1 is 1.33 bits per heavy atom. The highest BCUT2D eigenvalue weighted by molar-refractivity contribution is 7.15. The molecule has 114 valence electrons. The van der Waals surface area contributed by atoms with E-state index >= 15 is 0 Å². The lowest BCUT2D eigenvalue weighted by Gasteiger charge is -2.05. The molecule has 2 N–H and O–H groups in total. The molecule has 0 aliphatic rings. The van der Waals surface area contributed by atoms with Gasteiger partial charge in [-0.2, -0.15) is 5.10 Å². The van der Waals surface area contributed by atoms with Crippen LogP contribution in [0.3, 0.4) is 0 Å². The summed E-state index contributed by atoms with van der Waals surface area (Å²) in [5.41, 5.74) is 1.31. The number of carbonyl (C=O) groups is 1. The van der Waals surface area contributed by atoms with Crippen LogP contribution < -0.4 is 5.32 Å². The van der Waals surface area contributed by atoms with Crippen molar-refractivity contribution in [2.75, 3.05) is 5.32 Å². The van der Waals surface area contributed by atoms with Crippen molar-refractivity contribution >= 4 is 22.4 Å². The van der Waals surface area contributed by atoms with Gasteiger partial charge in [-0.3, -0.25) is 15.2 Å². The predicted octanol–water partition coefficient (Wildman–Crippen LogP) is 3.54. The van der Waals surface area contributed by atoms with Crippen molar-refractivity contribution in [3.63, 3.8) is 0 Å². The Morgan fingerprint density at radius 3 is 2.62 bits per heavy atom. The van der Waals surface area contributed by atoms with Gasteiger partial charge in [0.15, 0.2) is 5.69 Å². The van der Waals surface area contributed by atoms with Crippen molar-refractivity contribution in [1.29, 1.82) is 0 Å². The van der Waals surface area contributed by atoms with Crippen LogP contribution in [0.1, 0.15) is 73.6 Å². The van der Waals surface area contributed by atoms with Crippen molar-refractivity contribution in [2.45, 2.75) is 52.4 Å². The number of hydrogen-bond donors (Lipinski definition) is 2. The molecule has 1 amide bonds. The molecule has 0 aromatic carbocycles. The lowest BCUT2D eigenvalue weighted by Crippen LogP contribution is -2.12. The third-order valence-electron chi connectivity index (χ3n) is 3.45. The summed E-state index contributed by atoms with van der Waals surface area (Å²) in [7, 11) is 0. The number of nitrogens with zero attached hydrogens (tertiary/aromatic N) is 3. The van der Waals surface area contributed by atoms with E-state index in [1.165, 1.54) is 11.3 Å². The van der Waals surface area contributed by atoms with Crippen LogP contribution in [0.4, 0.5) is 5.13 Å². The number of H-pyrrole nitrogens is 1. The fourth-order valence-electron chi connectivity index (χ4n) is 2.00. The number of nitrogens with one attached hydrogen (secondary N) is 2. The maximum atomic E-state index is 12.1. The van der Waals surface area contributed by atoms with Gasteiger partial charge in [0.05, 0.1) is 0 Å². The number of anilines is 1. The van der Waals surface area contributed by atoms with E-state index in [1.54, 1.807) is 6.07 Å². The quantitative estimate of drug-likeness (QED) is 0.855. The van der Waals surface area contributed by atoms with Gasteiger partial charge in [0.25, 0.3) is 5.91 Å². The van der Waals surface area contributed by atoms with Gasteiger partial charge in [-0.25, -0.2) is 0 Å². The molecule has 21 heavy (non-hydrogen) atoms. The Bertz CT molecular complexity index is 600. The summed E-state index contributed by atoms with van der Waals surface area (Å²) >= 11 is 1.43. The fraction of sp³-hybridized carbons (Fsp3) is 0.571. The van der Waals surface area contributed by atoms with Crippen LogP contribution in [0.15, 0.2) is 6.07 Å². The molecule has 0 saturated heterocycles. The second-order valence-electron chi connectivity index (χ2n) is 5.28. The molecule has 0 radical (unpaired) electrons. The third-order valence-corrected chi connectivity index (χ3v) is 4.45. The first-order chi connectivity index (χ1) is 10.0. The van der Waals surface area contributed by atoms with Crippen LogP contribution in [0.5, 0.6) is 0 Å². The Labute approximate surface area is 128 Å². The minimum absolute atomic E-state index is 0.259. The van der Waals surface area contributed by atoms with E-state index in [1.807, 2.05) is 13.8 Å². The molecule has 6 nitrogen and oxygen atoms in total. The smallest absolute Gasteiger partial charge is 0.277 e. The fourth-order valence-corrected chi connectivity index (χ4v) is 3.00. The average Bonchev–Trinajstić information content (AvgIpc) is 3.09. The average molecular weight is 307 g/mol. The first-order valence-electron chi connectivity index (χ1n) is 7.25. The molecule has 0 saturated carbocycles. The highest BCUT2D eigenvalue weighted by Crippen LogP contribution is 2.28. The summed E-state index contributed by atoms with van der Waals surface area (Å²) in [5, 5.41) is 19.4. The molecule has 2 aromatic heterocycles. The Balaban J connectivity index is 2.05. The molecule has 2 aromatic rings. The molecule has 7 heteroatoms. The largest absolute Gasteiger partial charge is 0.295 e. The Kier molecular flexibility index (Phi) is 5.06. The number of rotatable bonds is 6. The van der Waals surface area contributed by atoms with E-state index in [-0.39, 0.29) is 5.91 Å². The van der Waals surface area contributed by atoms with Crippen molar-refractivity contribution in [3.8, 4) is 0 Å². The van der Waals surface area contributed by atoms with Crippen molar-refractivity contribution < 1.29 is 4.79 Å². The number of amides is 1. The summed E-state index contributed by atoms with van der Waals surface area (Å²) in [6.07, 6.45) is 2.05. The first kappa shape index (κ1) is 15.6. The normalized spacial score (nSPS) is 11.3. The molecule has 0 atom stereocenters. The van der Waals surface area contributed by atoms with Crippen molar-refractivity contribution in [2.24, 2.45) is 0 Å². The molecule has 0 fully saturated rings. The van der Waals surface area contributed by atoms with Gasteiger partial charge in [0, 0.05) is 11.6 Å². The van der Waals surface area contributed by atoms with E-state index < -0.39 is 0 Å². The van der Waals surface area contributed by atoms with E-state index in [4.69, 9.17) is 0 Å². The van der Waals surface area contributed by atoms with E-state index in [9.17, 15) is 4.79 Å². The zero-order valence-corrected chi connectivity index (χ0v) is 13.6. The maximum Gasteiger partial charge on any atom is 0.277 e. The topological polar surface area (TPSA) is 83.6 Å². The lowest BCUT2D eigenvalue weighted by molar-refractivity contribution is 0.102. The Morgan fingerprint density at radius 2 is 2.05 bits per heavy atom. The zero-order valence-electron chi connectivity index (χ0n) is 12.8. The molecular weight excluding hydrogens is 286 g/mol. The SMILES string of the molecule is CCC(CC)c1nnc(NC(=O)c2cc(C(C)C)[nH]n2)s1. The van der Waals surface area contributed by atoms with Gasteiger partial charge in [-0.05, 0) is 24.8 Å². The molecule has 0 aliphatic heterocycles. The zero-order chi connectivity index (χ0) is 15.4. The minimum atomic E-state index is -0.259. The summed E-state index contributed by atoms with van der Waals surface area (Å²) in [6.45, 7) is 8.35. The molecule has 2 heterocycles. The van der Waals surface area contributed by atoms with Gasteiger partial charge in [-0.15, -0.1) is 10.2 Å². The van der Waals surface area contributed by atoms with E-state index in [2.05, 4.69) is 39.6 Å². The van der Waals surface area contributed by atoms with Crippen molar-refractivity contribution in [3.05, 3.63) is 22.5 Å². The van der Waals surface area contributed by atoms with Gasteiger partial charge in [0.1, 0.15) is 5.01 Å². The maximum absolute atomic E-state index is 12.1. The van der Waals surface area contributed by atoms with Crippen LogP contribution >= 0.6 is 11.3 Å². The number of carbonyl (C=O) groups excluding carboxylic acids is 1. The van der Waals surface area contributed by atoms with Gasteiger partial charge < -0.3 is 0 Å². The van der Waals surface area contributed by atoms with Crippen LogP contribution in [-0.4, -0.2) is 26.3 Å². The van der Waals surface area contributed by atoms with E-state index in [0.29, 0.717) is 22.7 Å². The molecule has 0 aliphatic carbocycles. The molecule has 0 unspecified atom stereocenters. The number of aromatic amines is 1. The first-order valence-corrected chi connectivity index (χ1v) is 8.06. The second-order valence-corrected chi connectivity index (χ2v) is 6.29. The van der Waals surface area contributed by atoms with Crippen LogP contribution in [0.25, 0.3) is 0 Å². The van der Waals surface area contributed by atoms with Crippen LogP contribution in [-0.2, 0) is 0 Å². The number of aromatic nitrogens is 4. The third kappa shape index (κ3) is 3.66. The van der Waals surface area contributed by atoms with Gasteiger partial charge in [0.2, 0.25) is 5.13 Å². The summed E-state index contributed by atoms with van der Waals surface area (Å²) in [4.78, 5) is 12.1. The molecule has 0 spiro atoms. The summed E-state index contributed by atoms with van der Waals surface area (Å²) in [5.74, 6) is 0.457. The summed E-state index contributed by atoms with van der Waals surface area (Å²) < 4.78 is 0. The van der Waals surface area contributed by atoms with Gasteiger partial charge in [-0.1, -0.05) is 39.0 Å². The van der Waals surface area contributed by atoms with Gasteiger partial charge >= 0.3 is 0 Å². The minimum Gasteiger partial charge on any atom is -0.295 e. The Hall–Kier alpha value is -1.76. The van der Waals surface area contributed by atoms with E-state index in [0.717, 1.165) is 23.5 Å². The predicted molar refractivity (Wildman–Crippen MR) is 83.9 cm³/mol. The summed E-state index contributed by atoms with van der Waals surface area (Å²) in [6, 6.07) is 1.77. The molecule has 0 bridgehead atoms. The molecular formula is C14H21N5OS. The molecule has 2 rings (SSSR count). The van der Waals surface area contributed by atoms with Crippen LogP contribution in [0.2, 0.25) is 0 Å². The lowest BCUT2D eigenvalue weighted by atomic mass is 10.1.